The Morgan fingerprint density at radius 3 is 2.09 bits per heavy atom. The number of alkyl halides is 2. The molecular formula is C24H37F2N3O5. The number of halogens is 2. The third kappa shape index (κ3) is 10.5. The Hall–Kier alpha value is -2.75. The van der Waals surface area contributed by atoms with Gasteiger partial charge in [-0.3, -0.25) is 9.59 Å². The van der Waals surface area contributed by atoms with Crippen LogP contribution in [-0.4, -0.2) is 53.2 Å². The number of alkyl carbamates (subject to hydrolysis) is 1. The molecule has 192 valence electrons. The van der Waals surface area contributed by atoms with Gasteiger partial charge in [0.15, 0.2) is 0 Å². The van der Waals surface area contributed by atoms with Crippen LogP contribution in [0.15, 0.2) is 30.3 Å². The highest BCUT2D eigenvalue weighted by atomic mass is 19.3. The van der Waals surface area contributed by atoms with Crippen LogP contribution >= 0.6 is 0 Å². The fourth-order valence-electron chi connectivity index (χ4n) is 3.05. The zero-order valence-electron chi connectivity index (χ0n) is 20.7. The zero-order chi connectivity index (χ0) is 26.1. The first-order valence-corrected chi connectivity index (χ1v) is 11.3. The minimum absolute atomic E-state index is 0.0578. The van der Waals surface area contributed by atoms with Crippen molar-refractivity contribution in [2.24, 2.45) is 11.8 Å². The topological polar surface area (TPSA) is 117 Å². The second-order valence-corrected chi connectivity index (χ2v) is 9.73. The van der Waals surface area contributed by atoms with E-state index in [-0.39, 0.29) is 18.9 Å². The van der Waals surface area contributed by atoms with Gasteiger partial charge in [0, 0.05) is 6.54 Å². The smallest absolute Gasteiger partial charge is 0.407 e. The maximum Gasteiger partial charge on any atom is 0.407 e. The number of aliphatic hydroxyl groups is 1. The van der Waals surface area contributed by atoms with E-state index in [4.69, 9.17) is 4.74 Å². The highest BCUT2D eigenvalue weighted by Gasteiger charge is 2.45. The van der Waals surface area contributed by atoms with Gasteiger partial charge in [0.1, 0.15) is 17.6 Å². The van der Waals surface area contributed by atoms with E-state index in [1.807, 2.05) is 11.4 Å². The number of nitrogens with one attached hydrogen (secondary N) is 3. The van der Waals surface area contributed by atoms with E-state index in [1.54, 1.807) is 58.9 Å². The summed E-state index contributed by atoms with van der Waals surface area (Å²) in [5.74, 6) is -6.63. The first-order chi connectivity index (χ1) is 15.6. The average Bonchev–Trinajstić information content (AvgIpc) is 2.73. The number of carbonyl (C=O) groups excluding carboxylic acids is 3. The third-order valence-corrected chi connectivity index (χ3v) is 4.84. The molecule has 1 rings (SSSR count). The molecule has 0 saturated heterocycles. The molecule has 0 heterocycles. The Morgan fingerprint density at radius 2 is 1.56 bits per heavy atom. The van der Waals surface area contributed by atoms with Crippen molar-refractivity contribution in [3.8, 4) is 0 Å². The zero-order valence-corrected chi connectivity index (χ0v) is 20.7. The van der Waals surface area contributed by atoms with Gasteiger partial charge in [-0.1, -0.05) is 44.2 Å². The maximum atomic E-state index is 14.7. The van der Waals surface area contributed by atoms with Crippen LogP contribution in [0.25, 0.3) is 0 Å². The molecule has 3 amide bonds. The molecule has 34 heavy (non-hydrogen) atoms. The monoisotopic (exact) mass is 485 g/mol. The van der Waals surface area contributed by atoms with E-state index in [2.05, 4.69) is 10.6 Å². The molecule has 3 atom stereocenters. The van der Waals surface area contributed by atoms with Crippen molar-refractivity contribution < 1.29 is 33.0 Å². The predicted molar refractivity (Wildman–Crippen MR) is 124 cm³/mol. The SMILES string of the molecule is CC(C)CC(NC(=O)OC(C)(C)C)C(O)C(F)(F)CNC(=O)C(C)C(=O)NCc1ccccc1. The van der Waals surface area contributed by atoms with Gasteiger partial charge in [-0.25, -0.2) is 13.6 Å². The summed E-state index contributed by atoms with van der Waals surface area (Å²) in [6, 6.07) is 7.71. The molecule has 0 aromatic heterocycles. The molecule has 10 heteroatoms. The number of hydrogen-bond acceptors (Lipinski definition) is 5. The summed E-state index contributed by atoms with van der Waals surface area (Å²) in [4.78, 5) is 36.6. The highest BCUT2D eigenvalue weighted by Crippen LogP contribution is 2.24. The molecule has 0 aliphatic heterocycles. The number of carbonyl (C=O) groups is 3. The van der Waals surface area contributed by atoms with Gasteiger partial charge in [0.05, 0.1) is 12.6 Å². The van der Waals surface area contributed by atoms with Gasteiger partial charge < -0.3 is 25.8 Å². The normalized spacial score (nSPS) is 14.6. The summed E-state index contributed by atoms with van der Waals surface area (Å²) in [5.41, 5.74) is -0.0164. The minimum Gasteiger partial charge on any atom is -0.444 e. The first-order valence-electron chi connectivity index (χ1n) is 11.3. The van der Waals surface area contributed by atoms with E-state index in [0.29, 0.717) is 0 Å². The molecule has 3 unspecified atom stereocenters. The van der Waals surface area contributed by atoms with Crippen LogP contribution in [0.2, 0.25) is 0 Å². The van der Waals surface area contributed by atoms with Gasteiger partial charge in [0.2, 0.25) is 11.8 Å². The quantitative estimate of drug-likeness (QED) is 0.360. The van der Waals surface area contributed by atoms with Crippen molar-refractivity contribution in [1.29, 1.82) is 0 Å². The molecule has 8 nitrogen and oxygen atoms in total. The third-order valence-electron chi connectivity index (χ3n) is 4.84. The van der Waals surface area contributed by atoms with Crippen molar-refractivity contribution in [3.05, 3.63) is 35.9 Å². The Morgan fingerprint density at radius 1 is 1.00 bits per heavy atom. The van der Waals surface area contributed by atoms with Crippen molar-refractivity contribution >= 4 is 17.9 Å². The standard InChI is InChI=1S/C24H37F2N3O5/c1-15(2)12-18(29-22(33)34-23(4,5)6)19(30)24(25,26)14-28-21(32)16(3)20(31)27-13-17-10-8-7-9-11-17/h7-11,15-16,18-19,30H,12-14H2,1-6H3,(H,27,31)(H,28,32)(H,29,33). The molecule has 0 saturated carbocycles. The molecule has 1 aromatic rings. The van der Waals surface area contributed by atoms with Crippen LogP contribution in [0.4, 0.5) is 13.6 Å². The summed E-state index contributed by atoms with van der Waals surface area (Å²) >= 11 is 0. The summed E-state index contributed by atoms with van der Waals surface area (Å²) in [6.45, 7) is 8.69. The fraction of sp³-hybridized carbons (Fsp3) is 0.625. The van der Waals surface area contributed by atoms with Crippen LogP contribution in [0.5, 0.6) is 0 Å². The lowest BCUT2D eigenvalue weighted by molar-refractivity contribution is -0.141. The van der Waals surface area contributed by atoms with E-state index in [0.717, 1.165) is 5.56 Å². The van der Waals surface area contributed by atoms with Gasteiger partial charge >= 0.3 is 6.09 Å². The first kappa shape index (κ1) is 29.3. The number of hydrogen-bond donors (Lipinski definition) is 4. The number of rotatable bonds is 11. The van der Waals surface area contributed by atoms with Crippen LogP contribution in [0.1, 0.15) is 53.5 Å². The predicted octanol–water partition coefficient (Wildman–Crippen LogP) is 2.99. The second-order valence-electron chi connectivity index (χ2n) is 9.73. The summed E-state index contributed by atoms with van der Waals surface area (Å²) in [7, 11) is 0. The second kappa shape index (κ2) is 12.6. The van der Waals surface area contributed by atoms with E-state index < -0.39 is 54.0 Å². The Kier molecular flexibility index (Phi) is 10.9. The lowest BCUT2D eigenvalue weighted by Gasteiger charge is -2.32. The largest absolute Gasteiger partial charge is 0.444 e. The molecule has 0 aliphatic carbocycles. The summed E-state index contributed by atoms with van der Waals surface area (Å²) < 4.78 is 34.6. The lowest BCUT2D eigenvalue weighted by Crippen LogP contribution is -2.56. The number of ether oxygens (including phenoxy) is 1. The van der Waals surface area contributed by atoms with Gasteiger partial charge in [0.25, 0.3) is 5.92 Å². The lowest BCUT2D eigenvalue weighted by atomic mass is 9.95. The van der Waals surface area contributed by atoms with Gasteiger partial charge in [-0.2, -0.15) is 0 Å². The van der Waals surface area contributed by atoms with E-state index in [1.165, 1.54) is 6.92 Å². The number of aliphatic hydroxyl groups excluding tert-OH is 1. The van der Waals surface area contributed by atoms with Gasteiger partial charge in [-0.05, 0) is 45.6 Å². The molecule has 1 aromatic carbocycles. The average molecular weight is 486 g/mol. The minimum atomic E-state index is -3.77. The Balaban J connectivity index is 2.70. The van der Waals surface area contributed by atoms with Crippen LogP contribution < -0.4 is 16.0 Å². The Bertz CT molecular complexity index is 813. The number of benzene rings is 1. The summed E-state index contributed by atoms with van der Waals surface area (Å²) in [6.07, 6.45) is -3.16. The summed E-state index contributed by atoms with van der Waals surface area (Å²) in [5, 5.41) is 17.3. The highest BCUT2D eigenvalue weighted by molar-refractivity contribution is 5.99. The van der Waals surface area contributed by atoms with Gasteiger partial charge in [-0.15, -0.1) is 0 Å². The van der Waals surface area contributed by atoms with Crippen molar-refractivity contribution in [2.75, 3.05) is 6.54 Å². The molecular weight excluding hydrogens is 448 g/mol. The van der Waals surface area contributed by atoms with E-state index >= 15 is 0 Å². The number of amides is 3. The fourth-order valence-corrected chi connectivity index (χ4v) is 3.05. The molecule has 0 bridgehead atoms. The molecule has 4 N–H and O–H groups in total. The molecule has 0 fully saturated rings. The van der Waals surface area contributed by atoms with E-state index in [9.17, 15) is 28.3 Å². The Labute approximate surface area is 199 Å². The van der Waals surface area contributed by atoms with Crippen LogP contribution in [0.3, 0.4) is 0 Å². The molecule has 0 spiro atoms. The molecule has 0 radical (unpaired) electrons. The van der Waals surface area contributed by atoms with Crippen molar-refractivity contribution in [3.63, 3.8) is 0 Å². The maximum absolute atomic E-state index is 14.7. The van der Waals surface area contributed by atoms with Crippen molar-refractivity contribution in [1.82, 2.24) is 16.0 Å². The molecule has 0 aliphatic rings. The van der Waals surface area contributed by atoms with Crippen LogP contribution in [-0.2, 0) is 20.9 Å². The van der Waals surface area contributed by atoms with Crippen LogP contribution in [0, 0.1) is 11.8 Å². The van der Waals surface area contributed by atoms with Crippen molar-refractivity contribution in [2.45, 2.75) is 78.2 Å².